The molecule has 132 valence electrons. The maximum Gasteiger partial charge on any atom is 0.344 e. The maximum atomic E-state index is 11.5. The van der Waals surface area contributed by atoms with Gasteiger partial charge in [-0.25, -0.2) is 9.59 Å². The second-order valence-electron chi connectivity index (χ2n) is 5.88. The van der Waals surface area contributed by atoms with E-state index in [1.165, 1.54) is 0 Å². The summed E-state index contributed by atoms with van der Waals surface area (Å²) in [5.41, 5.74) is -0.479. The van der Waals surface area contributed by atoms with Crippen molar-refractivity contribution in [1.29, 1.82) is 0 Å². The van der Waals surface area contributed by atoms with Crippen LogP contribution >= 0.6 is 0 Å². The molecule has 8 heteroatoms. The second-order valence-corrected chi connectivity index (χ2v) is 5.88. The van der Waals surface area contributed by atoms with Gasteiger partial charge in [-0.15, -0.1) is 0 Å². The highest BCUT2D eigenvalue weighted by Gasteiger charge is 2.16. The molecule has 0 radical (unpaired) electrons. The van der Waals surface area contributed by atoms with E-state index in [0.717, 1.165) is 0 Å². The molecule has 0 atom stereocenters. The summed E-state index contributed by atoms with van der Waals surface area (Å²) in [6, 6.07) is 5.98. The van der Waals surface area contributed by atoms with Gasteiger partial charge in [0.2, 0.25) is 0 Å². The van der Waals surface area contributed by atoms with Crippen LogP contribution in [0.2, 0.25) is 0 Å². The fraction of sp³-hybridized carbons (Fsp3) is 0.438. The third-order valence-corrected chi connectivity index (χ3v) is 2.52. The van der Waals surface area contributed by atoms with Crippen molar-refractivity contribution in [2.75, 3.05) is 20.3 Å². The lowest BCUT2D eigenvalue weighted by Gasteiger charge is -2.20. The second kappa shape index (κ2) is 8.76. The first kappa shape index (κ1) is 19.3. The molecule has 1 rings (SSSR count). The first-order valence-electron chi connectivity index (χ1n) is 7.24. The number of ether oxygens (including phenoxy) is 3. The molecular formula is C16H22N2O6. The zero-order valence-corrected chi connectivity index (χ0v) is 14.2. The van der Waals surface area contributed by atoms with Gasteiger partial charge in [0.05, 0.1) is 7.11 Å². The lowest BCUT2D eigenvalue weighted by atomic mass is 10.1. The van der Waals surface area contributed by atoms with Crippen LogP contribution in [-0.2, 0) is 14.3 Å². The summed E-state index contributed by atoms with van der Waals surface area (Å²) in [5.74, 6) is -0.330. The van der Waals surface area contributed by atoms with Crippen LogP contribution in [0.3, 0.4) is 0 Å². The van der Waals surface area contributed by atoms with Crippen LogP contribution in [0.15, 0.2) is 24.3 Å². The number of rotatable bonds is 6. The van der Waals surface area contributed by atoms with E-state index in [4.69, 9.17) is 14.2 Å². The number of benzene rings is 1. The van der Waals surface area contributed by atoms with Gasteiger partial charge in [-0.2, -0.15) is 0 Å². The van der Waals surface area contributed by atoms with Crippen molar-refractivity contribution in [2.45, 2.75) is 26.3 Å². The molecule has 0 bridgehead atoms. The van der Waals surface area contributed by atoms with E-state index in [9.17, 15) is 14.4 Å². The van der Waals surface area contributed by atoms with Gasteiger partial charge in [0, 0.05) is 5.54 Å². The van der Waals surface area contributed by atoms with E-state index in [2.05, 4.69) is 10.6 Å². The van der Waals surface area contributed by atoms with E-state index >= 15 is 0 Å². The minimum atomic E-state index is -0.727. The molecule has 24 heavy (non-hydrogen) atoms. The van der Waals surface area contributed by atoms with Gasteiger partial charge in [0.1, 0.15) is 11.5 Å². The molecule has 0 saturated heterocycles. The van der Waals surface area contributed by atoms with Gasteiger partial charge in [-0.3, -0.25) is 10.1 Å². The van der Waals surface area contributed by atoms with Crippen LogP contribution in [-0.4, -0.2) is 43.8 Å². The van der Waals surface area contributed by atoms with Crippen molar-refractivity contribution in [1.82, 2.24) is 10.6 Å². The zero-order valence-electron chi connectivity index (χ0n) is 14.2. The quantitative estimate of drug-likeness (QED) is 0.757. The molecule has 0 aliphatic rings. The first-order chi connectivity index (χ1) is 11.2. The Morgan fingerprint density at radius 2 is 1.58 bits per heavy atom. The number of nitrogens with one attached hydrogen (secondary N) is 2. The number of hydrogen-bond acceptors (Lipinski definition) is 6. The summed E-state index contributed by atoms with van der Waals surface area (Å²) >= 11 is 0. The molecule has 1 aromatic rings. The highest BCUT2D eigenvalue weighted by atomic mass is 16.6. The van der Waals surface area contributed by atoms with Gasteiger partial charge in [-0.1, -0.05) is 0 Å². The number of amides is 3. The van der Waals surface area contributed by atoms with Gasteiger partial charge >= 0.3 is 12.0 Å². The fourth-order valence-electron chi connectivity index (χ4n) is 1.54. The van der Waals surface area contributed by atoms with E-state index < -0.39 is 30.1 Å². The van der Waals surface area contributed by atoms with Crippen LogP contribution in [0.4, 0.5) is 4.79 Å². The van der Waals surface area contributed by atoms with Crippen molar-refractivity contribution in [2.24, 2.45) is 0 Å². The highest BCUT2D eigenvalue weighted by molar-refractivity contribution is 5.95. The molecule has 0 aliphatic heterocycles. The van der Waals surface area contributed by atoms with Gasteiger partial charge in [-0.05, 0) is 45.0 Å². The number of urea groups is 1. The Balaban J connectivity index is 2.27. The normalized spacial score (nSPS) is 10.5. The molecular weight excluding hydrogens is 316 g/mol. The SMILES string of the molecule is COc1ccc(OCC(=O)OCC(=O)NC(=O)NC(C)(C)C)cc1. The number of methoxy groups -OCH3 is 1. The monoisotopic (exact) mass is 338 g/mol. The third-order valence-electron chi connectivity index (χ3n) is 2.52. The largest absolute Gasteiger partial charge is 0.497 e. The third kappa shape index (κ3) is 8.02. The molecule has 0 aromatic heterocycles. The number of carbonyl (C=O) groups excluding carboxylic acids is 3. The van der Waals surface area contributed by atoms with Crippen LogP contribution in [0.5, 0.6) is 11.5 Å². The first-order valence-corrected chi connectivity index (χ1v) is 7.24. The standard InChI is InChI=1S/C16H22N2O6/c1-16(2,3)18-15(21)17-13(19)9-24-14(20)10-23-12-7-5-11(22-4)6-8-12/h5-8H,9-10H2,1-4H3,(H2,17,18,19,21). The van der Waals surface area contributed by atoms with E-state index in [1.54, 1.807) is 52.1 Å². The molecule has 0 saturated carbocycles. The Hall–Kier alpha value is -2.77. The van der Waals surface area contributed by atoms with Gasteiger partial charge in [0.15, 0.2) is 13.2 Å². The van der Waals surface area contributed by atoms with Crippen molar-refractivity contribution < 1.29 is 28.6 Å². The van der Waals surface area contributed by atoms with Crippen molar-refractivity contribution in [3.8, 4) is 11.5 Å². The van der Waals surface area contributed by atoms with Crippen molar-refractivity contribution >= 4 is 17.9 Å². The molecule has 0 aliphatic carbocycles. The van der Waals surface area contributed by atoms with Crippen LogP contribution in [0.1, 0.15) is 20.8 Å². The predicted molar refractivity (Wildman–Crippen MR) is 85.9 cm³/mol. The molecule has 0 fully saturated rings. The van der Waals surface area contributed by atoms with Gasteiger partial charge < -0.3 is 19.5 Å². The molecule has 8 nitrogen and oxygen atoms in total. The Bertz CT molecular complexity index is 577. The number of imide groups is 1. The minimum absolute atomic E-state index is 0.353. The Morgan fingerprint density at radius 3 is 2.12 bits per heavy atom. The molecule has 0 spiro atoms. The fourth-order valence-corrected chi connectivity index (χ4v) is 1.54. The average Bonchev–Trinajstić information content (AvgIpc) is 2.49. The van der Waals surface area contributed by atoms with Gasteiger partial charge in [0.25, 0.3) is 5.91 Å². The van der Waals surface area contributed by atoms with E-state index in [1.807, 2.05) is 0 Å². The summed E-state index contributed by atoms with van der Waals surface area (Å²) in [7, 11) is 1.54. The lowest BCUT2D eigenvalue weighted by molar-refractivity contribution is -0.150. The summed E-state index contributed by atoms with van der Waals surface area (Å²) < 4.78 is 14.9. The lowest BCUT2D eigenvalue weighted by Crippen LogP contribution is -2.49. The predicted octanol–water partition coefficient (Wildman–Crippen LogP) is 1.24. The molecule has 0 heterocycles. The minimum Gasteiger partial charge on any atom is -0.497 e. The highest BCUT2D eigenvalue weighted by Crippen LogP contribution is 2.16. The summed E-state index contributed by atoms with van der Waals surface area (Å²) in [4.78, 5) is 34.4. The number of esters is 1. The summed E-state index contributed by atoms with van der Waals surface area (Å²) in [5, 5.41) is 4.60. The Kier molecular flexibility index (Phi) is 7.03. The summed E-state index contributed by atoms with van der Waals surface area (Å²) in [6.07, 6.45) is 0. The summed E-state index contributed by atoms with van der Waals surface area (Å²) in [6.45, 7) is 4.39. The Morgan fingerprint density at radius 1 is 1.00 bits per heavy atom. The van der Waals surface area contributed by atoms with E-state index in [0.29, 0.717) is 11.5 Å². The zero-order chi connectivity index (χ0) is 18.2. The van der Waals surface area contributed by atoms with Crippen molar-refractivity contribution in [3.63, 3.8) is 0 Å². The molecule has 2 N–H and O–H groups in total. The maximum absolute atomic E-state index is 11.5. The van der Waals surface area contributed by atoms with Crippen molar-refractivity contribution in [3.05, 3.63) is 24.3 Å². The average molecular weight is 338 g/mol. The van der Waals surface area contributed by atoms with Crippen LogP contribution in [0, 0.1) is 0 Å². The van der Waals surface area contributed by atoms with E-state index in [-0.39, 0.29) is 6.61 Å². The Labute approximate surface area is 140 Å². The van der Waals surface area contributed by atoms with Crippen LogP contribution in [0.25, 0.3) is 0 Å². The van der Waals surface area contributed by atoms with Crippen LogP contribution < -0.4 is 20.1 Å². The molecule has 0 unspecified atom stereocenters. The number of hydrogen-bond donors (Lipinski definition) is 2. The molecule has 3 amide bonds. The topological polar surface area (TPSA) is 103 Å². The molecule has 1 aromatic carbocycles. The smallest absolute Gasteiger partial charge is 0.344 e. The number of carbonyl (C=O) groups is 3.